The minimum Gasteiger partial charge on any atom is -0.496 e. The zero-order valence-electron chi connectivity index (χ0n) is 18.9. The molecule has 0 saturated carbocycles. The molecular weight excluding hydrogens is 414 g/mol. The molecule has 0 aliphatic carbocycles. The summed E-state index contributed by atoms with van der Waals surface area (Å²) in [7, 11) is 2.96. The van der Waals surface area contributed by atoms with Crippen LogP contribution in [0.4, 0.5) is 10.5 Å². The van der Waals surface area contributed by atoms with E-state index in [1.54, 1.807) is 57.2 Å². The summed E-state index contributed by atoms with van der Waals surface area (Å²) in [4.78, 5) is 36.5. The van der Waals surface area contributed by atoms with Crippen molar-refractivity contribution < 1.29 is 28.6 Å². The van der Waals surface area contributed by atoms with Gasteiger partial charge >= 0.3 is 6.09 Å². The number of alkyl carbamates (subject to hydrolysis) is 1. The van der Waals surface area contributed by atoms with Gasteiger partial charge in [-0.25, -0.2) is 4.79 Å². The molecule has 0 heterocycles. The van der Waals surface area contributed by atoms with Crippen LogP contribution in [0, 0.1) is 0 Å². The Bertz CT molecular complexity index is 946. The maximum absolute atomic E-state index is 12.7. The number of benzene rings is 2. The van der Waals surface area contributed by atoms with Gasteiger partial charge in [-0.1, -0.05) is 18.2 Å². The molecule has 0 aliphatic rings. The van der Waals surface area contributed by atoms with E-state index in [0.717, 1.165) is 5.56 Å². The van der Waals surface area contributed by atoms with Gasteiger partial charge in [-0.3, -0.25) is 9.59 Å². The summed E-state index contributed by atoms with van der Waals surface area (Å²) < 4.78 is 15.6. The summed E-state index contributed by atoms with van der Waals surface area (Å²) >= 11 is 0. The standard InChI is InChI=1S/C23H29N3O6/c1-23(2,3)32-22(29)25-14-19(27)26-16-9-6-8-15(12-16)13-24-21(28)20-17(30-4)10-7-11-18(20)31-5/h6-12H,13-14H2,1-5H3,(H,24,28)(H,25,29)(H,26,27). The Hall–Kier alpha value is -3.75. The lowest BCUT2D eigenvalue weighted by atomic mass is 10.1. The molecule has 0 aliphatic heterocycles. The van der Waals surface area contributed by atoms with Crippen LogP contribution in [0.25, 0.3) is 0 Å². The second-order valence-corrected chi connectivity index (χ2v) is 7.82. The van der Waals surface area contributed by atoms with E-state index in [2.05, 4.69) is 16.0 Å². The summed E-state index contributed by atoms with van der Waals surface area (Å²) in [6, 6.07) is 12.1. The highest BCUT2D eigenvalue weighted by Crippen LogP contribution is 2.28. The van der Waals surface area contributed by atoms with Crippen molar-refractivity contribution in [3.05, 3.63) is 53.6 Å². The number of hydrogen-bond donors (Lipinski definition) is 3. The Kier molecular flexibility index (Phi) is 8.46. The van der Waals surface area contributed by atoms with Crippen LogP contribution in [0.15, 0.2) is 42.5 Å². The predicted molar refractivity (Wildman–Crippen MR) is 120 cm³/mol. The zero-order chi connectivity index (χ0) is 23.7. The van der Waals surface area contributed by atoms with Crippen molar-refractivity contribution in [1.82, 2.24) is 10.6 Å². The van der Waals surface area contributed by atoms with Crippen molar-refractivity contribution in [1.29, 1.82) is 0 Å². The minimum atomic E-state index is -0.670. The van der Waals surface area contributed by atoms with Crippen molar-refractivity contribution in [2.75, 3.05) is 26.1 Å². The average Bonchev–Trinajstić information content (AvgIpc) is 2.74. The summed E-state index contributed by atoms with van der Waals surface area (Å²) in [5.41, 5.74) is 0.954. The fraction of sp³-hybridized carbons (Fsp3) is 0.348. The number of nitrogens with one attached hydrogen (secondary N) is 3. The summed E-state index contributed by atoms with van der Waals surface area (Å²) in [6.07, 6.45) is -0.670. The van der Waals surface area contributed by atoms with Crippen LogP contribution in [0.3, 0.4) is 0 Å². The number of methoxy groups -OCH3 is 2. The molecule has 0 bridgehead atoms. The fourth-order valence-electron chi connectivity index (χ4n) is 2.78. The largest absolute Gasteiger partial charge is 0.496 e. The monoisotopic (exact) mass is 443 g/mol. The SMILES string of the molecule is COc1cccc(OC)c1C(=O)NCc1cccc(NC(=O)CNC(=O)OC(C)(C)C)c1. The van der Waals surface area contributed by atoms with Gasteiger partial charge < -0.3 is 30.2 Å². The first-order valence-corrected chi connectivity index (χ1v) is 9.97. The highest BCUT2D eigenvalue weighted by molar-refractivity contribution is 5.99. The van der Waals surface area contributed by atoms with Gasteiger partial charge in [-0.05, 0) is 50.6 Å². The van der Waals surface area contributed by atoms with E-state index in [0.29, 0.717) is 22.7 Å². The number of anilines is 1. The highest BCUT2D eigenvalue weighted by Gasteiger charge is 2.18. The molecule has 3 N–H and O–H groups in total. The van der Waals surface area contributed by atoms with Crippen LogP contribution < -0.4 is 25.4 Å². The Morgan fingerprint density at radius 1 is 0.906 bits per heavy atom. The molecule has 172 valence electrons. The normalized spacial score (nSPS) is 10.7. The summed E-state index contributed by atoms with van der Waals surface area (Å²) in [5, 5.41) is 7.92. The van der Waals surface area contributed by atoms with Crippen LogP contribution in [0.2, 0.25) is 0 Å². The molecular formula is C23H29N3O6. The molecule has 2 rings (SSSR count). The molecule has 9 nitrogen and oxygen atoms in total. The molecule has 0 aromatic heterocycles. The third kappa shape index (κ3) is 7.50. The zero-order valence-corrected chi connectivity index (χ0v) is 18.9. The lowest BCUT2D eigenvalue weighted by Crippen LogP contribution is -2.37. The molecule has 0 atom stereocenters. The highest BCUT2D eigenvalue weighted by atomic mass is 16.6. The van der Waals surface area contributed by atoms with Crippen LogP contribution in [-0.2, 0) is 16.1 Å². The maximum Gasteiger partial charge on any atom is 0.408 e. The van der Waals surface area contributed by atoms with Crippen LogP contribution in [0.1, 0.15) is 36.7 Å². The Morgan fingerprint density at radius 3 is 2.12 bits per heavy atom. The molecule has 32 heavy (non-hydrogen) atoms. The second-order valence-electron chi connectivity index (χ2n) is 7.82. The molecule has 9 heteroatoms. The first kappa shape index (κ1) is 24.5. The number of rotatable bonds is 8. The molecule has 3 amide bonds. The van der Waals surface area contributed by atoms with Crippen molar-refractivity contribution in [2.24, 2.45) is 0 Å². The quantitative estimate of drug-likeness (QED) is 0.578. The molecule has 2 aromatic carbocycles. The van der Waals surface area contributed by atoms with Gasteiger partial charge in [0, 0.05) is 12.2 Å². The van der Waals surface area contributed by atoms with E-state index in [1.165, 1.54) is 14.2 Å². The van der Waals surface area contributed by atoms with E-state index in [4.69, 9.17) is 14.2 Å². The number of hydrogen-bond acceptors (Lipinski definition) is 6. The topological polar surface area (TPSA) is 115 Å². The van der Waals surface area contributed by atoms with E-state index in [-0.39, 0.29) is 19.0 Å². The third-order valence-corrected chi connectivity index (χ3v) is 4.11. The van der Waals surface area contributed by atoms with Gasteiger partial charge in [0.25, 0.3) is 5.91 Å². The van der Waals surface area contributed by atoms with E-state index in [9.17, 15) is 14.4 Å². The lowest BCUT2D eigenvalue weighted by molar-refractivity contribution is -0.115. The lowest BCUT2D eigenvalue weighted by Gasteiger charge is -2.19. The van der Waals surface area contributed by atoms with Crippen LogP contribution in [0.5, 0.6) is 11.5 Å². The van der Waals surface area contributed by atoms with E-state index >= 15 is 0 Å². The molecule has 0 saturated heterocycles. The van der Waals surface area contributed by atoms with Crippen molar-refractivity contribution >= 4 is 23.6 Å². The Labute approximate surface area is 187 Å². The molecule has 0 radical (unpaired) electrons. The van der Waals surface area contributed by atoms with Crippen LogP contribution >= 0.6 is 0 Å². The smallest absolute Gasteiger partial charge is 0.408 e. The minimum absolute atomic E-state index is 0.222. The van der Waals surface area contributed by atoms with Crippen molar-refractivity contribution in [3.63, 3.8) is 0 Å². The molecule has 0 spiro atoms. The van der Waals surface area contributed by atoms with Crippen LogP contribution in [-0.4, -0.2) is 44.3 Å². The Morgan fingerprint density at radius 2 is 1.53 bits per heavy atom. The molecule has 2 aromatic rings. The first-order valence-electron chi connectivity index (χ1n) is 9.97. The van der Waals surface area contributed by atoms with Gasteiger partial charge in [0.1, 0.15) is 29.2 Å². The van der Waals surface area contributed by atoms with Crippen molar-refractivity contribution in [2.45, 2.75) is 32.9 Å². The van der Waals surface area contributed by atoms with Gasteiger partial charge in [0.05, 0.1) is 14.2 Å². The maximum atomic E-state index is 12.7. The number of carbonyl (C=O) groups excluding carboxylic acids is 3. The molecule has 0 fully saturated rings. The molecule has 0 unspecified atom stereocenters. The second kappa shape index (κ2) is 11.0. The Balaban J connectivity index is 1.94. The summed E-state index contributed by atoms with van der Waals surface area (Å²) in [5.74, 6) is 0.0480. The average molecular weight is 444 g/mol. The summed E-state index contributed by atoms with van der Waals surface area (Å²) in [6.45, 7) is 5.20. The van der Waals surface area contributed by atoms with Gasteiger partial charge in [0.2, 0.25) is 5.91 Å². The number of ether oxygens (including phenoxy) is 3. The van der Waals surface area contributed by atoms with E-state index in [1.807, 2.05) is 6.07 Å². The fourth-order valence-corrected chi connectivity index (χ4v) is 2.78. The number of carbonyl (C=O) groups is 3. The van der Waals surface area contributed by atoms with Crippen molar-refractivity contribution in [3.8, 4) is 11.5 Å². The van der Waals surface area contributed by atoms with Gasteiger partial charge in [0.15, 0.2) is 0 Å². The third-order valence-electron chi connectivity index (χ3n) is 4.11. The van der Waals surface area contributed by atoms with Gasteiger partial charge in [-0.15, -0.1) is 0 Å². The number of amides is 3. The first-order chi connectivity index (χ1) is 15.1. The van der Waals surface area contributed by atoms with E-state index < -0.39 is 17.6 Å². The van der Waals surface area contributed by atoms with Gasteiger partial charge in [-0.2, -0.15) is 0 Å². The predicted octanol–water partition coefficient (Wildman–Crippen LogP) is 3.10.